The predicted octanol–water partition coefficient (Wildman–Crippen LogP) is 5.86. The zero-order valence-corrected chi connectivity index (χ0v) is 17.7. The molecule has 148 valence electrons. The number of guanidine groups is 1. The number of nitrogens with one attached hydrogen (secondary N) is 3. The molecule has 3 N–H and O–H groups in total. The van der Waals surface area contributed by atoms with Gasteiger partial charge in [0, 0.05) is 15.1 Å². The lowest BCUT2D eigenvalue weighted by molar-refractivity contribution is 0.717. The molecule has 5 nitrogen and oxygen atoms in total. The highest BCUT2D eigenvalue weighted by Gasteiger charge is 1.99. The van der Waals surface area contributed by atoms with Crippen molar-refractivity contribution in [3.63, 3.8) is 0 Å². The van der Waals surface area contributed by atoms with Crippen molar-refractivity contribution in [2.75, 3.05) is 0 Å². The number of hydrazone groups is 2. The van der Waals surface area contributed by atoms with E-state index < -0.39 is 0 Å². The molecule has 0 spiro atoms. The average Bonchev–Trinajstić information content (AvgIpc) is 2.61. The van der Waals surface area contributed by atoms with Gasteiger partial charge in [0.2, 0.25) is 5.96 Å². The summed E-state index contributed by atoms with van der Waals surface area (Å²) >= 11 is 18.0. The first-order valence-electron chi connectivity index (χ1n) is 8.88. The summed E-state index contributed by atoms with van der Waals surface area (Å²) in [6, 6.07) is 10.9. The Morgan fingerprint density at radius 3 is 1.96 bits per heavy atom. The molecule has 2 aromatic carbocycles. The smallest absolute Gasteiger partial charge is 0.230 e. The van der Waals surface area contributed by atoms with Crippen LogP contribution >= 0.6 is 34.8 Å². The number of benzene rings is 2. The standard InChI is InChI=1S/C20H22Cl3N5/c1-2-3-4-5-14-6-15(8-17(21)7-14)12-25-27-20(24)28-26-13-16-9-18(22)11-19(23)10-16/h6-13H,2-5H2,1H3,(H3,24,27,28)/b25-12+,26-13+. The molecule has 0 fully saturated rings. The topological polar surface area (TPSA) is 72.6 Å². The molecule has 0 atom stereocenters. The maximum absolute atomic E-state index is 7.77. The second kappa shape index (κ2) is 11.7. The lowest BCUT2D eigenvalue weighted by atomic mass is 10.0. The van der Waals surface area contributed by atoms with E-state index in [2.05, 4.69) is 28.0 Å². The van der Waals surface area contributed by atoms with Crippen molar-refractivity contribution in [1.82, 2.24) is 10.9 Å². The normalized spacial score (nSPS) is 11.3. The SMILES string of the molecule is CCCCCc1cc(Cl)cc(/C=N/NC(=N)N/N=C/c2cc(Cl)cc(Cl)c2)c1. The summed E-state index contributed by atoms with van der Waals surface area (Å²) in [4.78, 5) is 0. The van der Waals surface area contributed by atoms with E-state index in [4.69, 9.17) is 40.2 Å². The van der Waals surface area contributed by atoms with Gasteiger partial charge in [0.15, 0.2) is 0 Å². The first kappa shape index (κ1) is 22.2. The molecular weight excluding hydrogens is 417 g/mol. The molecule has 0 bridgehead atoms. The van der Waals surface area contributed by atoms with Crippen LogP contribution in [0.5, 0.6) is 0 Å². The molecule has 2 aromatic rings. The number of aryl methyl sites for hydroxylation is 1. The average molecular weight is 439 g/mol. The highest BCUT2D eigenvalue weighted by Crippen LogP contribution is 2.18. The van der Waals surface area contributed by atoms with E-state index >= 15 is 0 Å². The largest absolute Gasteiger partial charge is 0.266 e. The quantitative estimate of drug-likeness (QED) is 0.209. The first-order valence-corrected chi connectivity index (χ1v) is 10.0. The fourth-order valence-electron chi connectivity index (χ4n) is 2.49. The minimum absolute atomic E-state index is 0.0779. The van der Waals surface area contributed by atoms with Crippen LogP contribution in [0.2, 0.25) is 15.1 Å². The number of nitrogens with zero attached hydrogens (tertiary/aromatic N) is 2. The summed E-state index contributed by atoms with van der Waals surface area (Å²) < 4.78 is 0. The lowest BCUT2D eigenvalue weighted by Crippen LogP contribution is -2.29. The van der Waals surface area contributed by atoms with Gasteiger partial charge in [-0.25, -0.2) is 10.9 Å². The molecule has 0 aliphatic rings. The maximum atomic E-state index is 7.77. The highest BCUT2D eigenvalue weighted by atomic mass is 35.5. The number of rotatable bonds is 8. The fraction of sp³-hybridized carbons (Fsp3) is 0.250. The molecule has 8 heteroatoms. The van der Waals surface area contributed by atoms with Crippen molar-refractivity contribution in [3.8, 4) is 0 Å². The van der Waals surface area contributed by atoms with Gasteiger partial charge >= 0.3 is 0 Å². The van der Waals surface area contributed by atoms with Crippen molar-refractivity contribution >= 4 is 53.2 Å². The van der Waals surface area contributed by atoms with Crippen LogP contribution in [-0.2, 0) is 6.42 Å². The van der Waals surface area contributed by atoms with Crippen molar-refractivity contribution < 1.29 is 0 Å². The van der Waals surface area contributed by atoms with E-state index in [0.29, 0.717) is 15.1 Å². The summed E-state index contributed by atoms with van der Waals surface area (Å²) in [7, 11) is 0. The Labute approximate surface area is 180 Å². The van der Waals surface area contributed by atoms with Gasteiger partial charge in [-0.15, -0.1) is 0 Å². The van der Waals surface area contributed by atoms with Gasteiger partial charge in [0.25, 0.3) is 0 Å². The summed E-state index contributed by atoms with van der Waals surface area (Å²) in [5.74, 6) is -0.0779. The summed E-state index contributed by atoms with van der Waals surface area (Å²) in [5.41, 5.74) is 7.86. The van der Waals surface area contributed by atoms with Gasteiger partial charge in [0.05, 0.1) is 12.4 Å². The minimum atomic E-state index is -0.0779. The summed E-state index contributed by atoms with van der Waals surface area (Å²) in [6.07, 6.45) is 7.63. The molecule has 0 amide bonds. The van der Waals surface area contributed by atoms with Crippen molar-refractivity contribution in [2.24, 2.45) is 10.2 Å². The van der Waals surface area contributed by atoms with E-state index in [9.17, 15) is 0 Å². The Balaban J connectivity index is 1.86. The molecule has 0 aromatic heterocycles. The number of hydrogen-bond acceptors (Lipinski definition) is 3. The second-order valence-corrected chi connectivity index (χ2v) is 7.48. The van der Waals surface area contributed by atoms with Gasteiger partial charge in [0.1, 0.15) is 0 Å². The van der Waals surface area contributed by atoms with Gasteiger partial charge in [-0.05, 0) is 59.9 Å². The maximum Gasteiger partial charge on any atom is 0.230 e. The Morgan fingerprint density at radius 1 is 0.857 bits per heavy atom. The number of halogens is 3. The van der Waals surface area contributed by atoms with E-state index in [-0.39, 0.29) is 5.96 Å². The third-order valence-electron chi connectivity index (χ3n) is 3.71. The van der Waals surface area contributed by atoms with Gasteiger partial charge in [-0.1, -0.05) is 60.6 Å². The van der Waals surface area contributed by atoms with Crippen LogP contribution in [0.15, 0.2) is 46.6 Å². The van der Waals surface area contributed by atoms with Crippen molar-refractivity contribution in [2.45, 2.75) is 32.6 Å². The predicted molar refractivity (Wildman–Crippen MR) is 120 cm³/mol. The molecule has 0 aliphatic carbocycles. The van der Waals surface area contributed by atoms with Crippen LogP contribution in [0.1, 0.15) is 42.9 Å². The number of unbranched alkanes of at least 4 members (excludes halogenated alkanes) is 2. The molecule has 0 aliphatic heterocycles. The van der Waals surface area contributed by atoms with Crippen LogP contribution in [0.3, 0.4) is 0 Å². The van der Waals surface area contributed by atoms with E-state index in [1.165, 1.54) is 24.6 Å². The molecule has 28 heavy (non-hydrogen) atoms. The first-order chi connectivity index (χ1) is 13.5. The fourth-order valence-corrected chi connectivity index (χ4v) is 3.30. The Hall–Kier alpha value is -2.08. The third kappa shape index (κ3) is 8.30. The van der Waals surface area contributed by atoms with Crippen LogP contribution in [0, 0.1) is 5.41 Å². The Kier molecular flexibility index (Phi) is 9.28. The van der Waals surface area contributed by atoms with Crippen molar-refractivity contribution in [3.05, 3.63) is 68.2 Å². The van der Waals surface area contributed by atoms with Crippen molar-refractivity contribution in [1.29, 1.82) is 5.41 Å². The van der Waals surface area contributed by atoms with E-state index in [0.717, 1.165) is 24.0 Å². The summed E-state index contributed by atoms with van der Waals surface area (Å²) in [6.45, 7) is 2.18. The van der Waals surface area contributed by atoms with Crippen LogP contribution in [-0.4, -0.2) is 18.4 Å². The van der Waals surface area contributed by atoms with Gasteiger partial charge in [-0.2, -0.15) is 10.2 Å². The van der Waals surface area contributed by atoms with E-state index in [1.54, 1.807) is 24.4 Å². The monoisotopic (exact) mass is 437 g/mol. The molecule has 0 saturated carbocycles. The minimum Gasteiger partial charge on any atom is -0.266 e. The molecule has 0 radical (unpaired) electrons. The highest BCUT2D eigenvalue weighted by molar-refractivity contribution is 6.35. The molecular formula is C20H22Cl3N5. The van der Waals surface area contributed by atoms with Crippen LogP contribution < -0.4 is 10.9 Å². The Bertz CT molecular complexity index is 845. The zero-order valence-electron chi connectivity index (χ0n) is 15.5. The third-order valence-corrected chi connectivity index (χ3v) is 4.37. The van der Waals surface area contributed by atoms with Gasteiger partial charge < -0.3 is 0 Å². The van der Waals surface area contributed by atoms with Crippen LogP contribution in [0.4, 0.5) is 0 Å². The Morgan fingerprint density at radius 2 is 1.39 bits per heavy atom. The van der Waals surface area contributed by atoms with Gasteiger partial charge in [-0.3, -0.25) is 5.41 Å². The molecule has 2 rings (SSSR count). The number of hydrogen-bond donors (Lipinski definition) is 3. The van der Waals surface area contributed by atoms with Crippen LogP contribution in [0.25, 0.3) is 0 Å². The molecule has 0 saturated heterocycles. The summed E-state index contributed by atoms with van der Waals surface area (Å²) in [5, 5.41) is 17.5. The lowest BCUT2D eigenvalue weighted by Gasteiger charge is -2.04. The molecule has 0 heterocycles. The second-order valence-electron chi connectivity index (χ2n) is 6.17. The van der Waals surface area contributed by atoms with E-state index in [1.807, 2.05) is 18.2 Å². The zero-order chi connectivity index (χ0) is 20.4. The molecule has 0 unspecified atom stereocenters.